The van der Waals surface area contributed by atoms with Gasteiger partial charge in [0.25, 0.3) is 0 Å². The summed E-state index contributed by atoms with van der Waals surface area (Å²) in [6.45, 7) is 4.94. The molecule has 5 heteroatoms. The predicted molar refractivity (Wildman–Crippen MR) is 79.8 cm³/mol. The topological polar surface area (TPSA) is 55.6 Å². The van der Waals surface area contributed by atoms with Gasteiger partial charge in [-0.25, -0.2) is 0 Å². The molecule has 0 aliphatic heterocycles. The molecule has 0 aliphatic rings. The van der Waals surface area contributed by atoms with Crippen molar-refractivity contribution in [3.8, 4) is 5.75 Å². The van der Waals surface area contributed by atoms with Crippen LogP contribution < -0.4 is 10.5 Å². The van der Waals surface area contributed by atoms with Crippen LogP contribution in [0.4, 0.5) is 0 Å². The van der Waals surface area contributed by atoms with E-state index in [9.17, 15) is 4.79 Å². The molecule has 0 heterocycles. The SMILES string of the molecule is CC[C@H](N)C(=O)N(C)CCOc1cccc(C)c1.Cl. The largest absolute Gasteiger partial charge is 0.492 e. The van der Waals surface area contributed by atoms with Gasteiger partial charge in [0.15, 0.2) is 0 Å². The maximum atomic E-state index is 11.7. The van der Waals surface area contributed by atoms with Crippen LogP contribution in [0.1, 0.15) is 18.9 Å². The molecule has 0 radical (unpaired) electrons. The van der Waals surface area contributed by atoms with Crippen molar-refractivity contribution < 1.29 is 9.53 Å². The average molecular weight is 287 g/mol. The van der Waals surface area contributed by atoms with Gasteiger partial charge in [-0.05, 0) is 31.0 Å². The van der Waals surface area contributed by atoms with Gasteiger partial charge in [-0.2, -0.15) is 0 Å². The van der Waals surface area contributed by atoms with E-state index >= 15 is 0 Å². The fourth-order valence-electron chi connectivity index (χ4n) is 1.57. The molecule has 0 aliphatic carbocycles. The zero-order valence-electron chi connectivity index (χ0n) is 11.8. The Labute approximate surface area is 121 Å². The van der Waals surface area contributed by atoms with Gasteiger partial charge >= 0.3 is 0 Å². The number of ether oxygens (including phenoxy) is 1. The number of aryl methyl sites for hydroxylation is 1. The molecule has 1 aromatic rings. The lowest BCUT2D eigenvalue weighted by atomic mass is 10.2. The monoisotopic (exact) mass is 286 g/mol. The van der Waals surface area contributed by atoms with Crippen LogP contribution in [0.5, 0.6) is 5.75 Å². The van der Waals surface area contributed by atoms with Crippen molar-refractivity contribution in [2.45, 2.75) is 26.3 Å². The summed E-state index contributed by atoms with van der Waals surface area (Å²) in [5.74, 6) is 0.793. The molecule has 0 saturated carbocycles. The summed E-state index contributed by atoms with van der Waals surface area (Å²) < 4.78 is 5.59. The second-order valence-corrected chi connectivity index (χ2v) is 4.44. The number of likely N-dealkylation sites (N-methyl/N-ethyl adjacent to an activating group) is 1. The second kappa shape index (κ2) is 8.77. The third kappa shape index (κ3) is 5.94. The first-order valence-electron chi connectivity index (χ1n) is 6.24. The van der Waals surface area contributed by atoms with Crippen molar-refractivity contribution in [1.29, 1.82) is 0 Å². The minimum Gasteiger partial charge on any atom is -0.492 e. The summed E-state index contributed by atoms with van der Waals surface area (Å²) in [5, 5.41) is 0. The van der Waals surface area contributed by atoms with Crippen LogP contribution in [0.15, 0.2) is 24.3 Å². The van der Waals surface area contributed by atoms with E-state index < -0.39 is 6.04 Å². The molecule has 0 bridgehead atoms. The zero-order valence-corrected chi connectivity index (χ0v) is 12.6. The van der Waals surface area contributed by atoms with Crippen LogP contribution in [0.2, 0.25) is 0 Å². The minimum absolute atomic E-state index is 0. The van der Waals surface area contributed by atoms with Gasteiger partial charge < -0.3 is 15.4 Å². The van der Waals surface area contributed by atoms with E-state index in [1.807, 2.05) is 38.1 Å². The van der Waals surface area contributed by atoms with E-state index in [0.29, 0.717) is 19.6 Å². The quantitative estimate of drug-likeness (QED) is 0.870. The van der Waals surface area contributed by atoms with E-state index in [1.165, 1.54) is 0 Å². The maximum Gasteiger partial charge on any atom is 0.239 e. The first-order valence-corrected chi connectivity index (χ1v) is 6.24. The minimum atomic E-state index is -0.408. The molecule has 0 unspecified atom stereocenters. The van der Waals surface area contributed by atoms with Crippen LogP contribution in [0, 0.1) is 6.92 Å². The van der Waals surface area contributed by atoms with Crippen molar-refractivity contribution in [2.24, 2.45) is 5.73 Å². The molecule has 4 nitrogen and oxygen atoms in total. The van der Waals surface area contributed by atoms with E-state index in [2.05, 4.69) is 0 Å². The van der Waals surface area contributed by atoms with E-state index in [0.717, 1.165) is 11.3 Å². The molecule has 1 aromatic carbocycles. The highest BCUT2D eigenvalue weighted by Crippen LogP contribution is 2.12. The van der Waals surface area contributed by atoms with Gasteiger partial charge in [-0.3, -0.25) is 4.79 Å². The molecule has 0 aromatic heterocycles. The lowest BCUT2D eigenvalue weighted by Crippen LogP contribution is -2.42. The Hall–Kier alpha value is -1.26. The maximum absolute atomic E-state index is 11.7. The van der Waals surface area contributed by atoms with Crippen molar-refractivity contribution in [2.75, 3.05) is 20.2 Å². The van der Waals surface area contributed by atoms with Crippen LogP contribution >= 0.6 is 12.4 Å². The summed E-state index contributed by atoms with van der Waals surface area (Å²) in [7, 11) is 1.75. The molecular weight excluding hydrogens is 264 g/mol. The van der Waals surface area contributed by atoms with Gasteiger partial charge in [0.1, 0.15) is 12.4 Å². The third-order valence-corrected chi connectivity index (χ3v) is 2.82. The normalized spacial score (nSPS) is 11.4. The van der Waals surface area contributed by atoms with Crippen LogP contribution in [0.3, 0.4) is 0 Å². The third-order valence-electron chi connectivity index (χ3n) is 2.82. The second-order valence-electron chi connectivity index (χ2n) is 4.44. The average Bonchev–Trinajstić information content (AvgIpc) is 2.36. The molecule has 2 N–H and O–H groups in total. The van der Waals surface area contributed by atoms with Crippen molar-refractivity contribution >= 4 is 18.3 Å². The number of carbonyl (C=O) groups excluding carboxylic acids is 1. The Bertz CT molecular complexity index is 399. The number of nitrogens with two attached hydrogens (primary N) is 1. The number of benzene rings is 1. The first kappa shape index (κ1) is 17.7. The van der Waals surface area contributed by atoms with E-state index in [1.54, 1.807) is 11.9 Å². The molecule has 108 valence electrons. The number of carbonyl (C=O) groups is 1. The number of rotatable bonds is 6. The van der Waals surface area contributed by atoms with Gasteiger partial charge in [-0.1, -0.05) is 19.1 Å². The number of nitrogens with zero attached hydrogens (tertiary/aromatic N) is 1. The summed E-state index contributed by atoms with van der Waals surface area (Å²) in [5.41, 5.74) is 6.85. The lowest BCUT2D eigenvalue weighted by molar-refractivity contribution is -0.131. The van der Waals surface area contributed by atoms with Crippen molar-refractivity contribution in [3.05, 3.63) is 29.8 Å². The molecular formula is C14H23ClN2O2. The van der Waals surface area contributed by atoms with E-state index in [4.69, 9.17) is 10.5 Å². The molecule has 0 spiro atoms. The highest BCUT2D eigenvalue weighted by atomic mass is 35.5. The Morgan fingerprint density at radius 2 is 2.16 bits per heavy atom. The molecule has 19 heavy (non-hydrogen) atoms. The Morgan fingerprint density at radius 3 is 2.74 bits per heavy atom. The summed E-state index contributed by atoms with van der Waals surface area (Å²) in [6, 6.07) is 7.44. The number of hydrogen-bond donors (Lipinski definition) is 1. The molecule has 1 atom stereocenters. The van der Waals surface area contributed by atoms with Crippen LogP contribution in [-0.2, 0) is 4.79 Å². The lowest BCUT2D eigenvalue weighted by Gasteiger charge is -2.20. The molecule has 0 saturated heterocycles. The fraction of sp³-hybridized carbons (Fsp3) is 0.500. The standard InChI is InChI=1S/C14H22N2O2.ClH/c1-4-13(15)14(17)16(3)8-9-18-12-7-5-6-11(2)10-12;/h5-7,10,13H,4,8-9,15H2,1-3H3;1H/t13-;/m0./s1. The predicted octanol–water partition coefficient (Wildman–Crippen LogP) is 1.99. The summed E-state index contributed by atoms with van der Waals surface area (Å²) in [4.78, 5) is 13.3. The highest BCUT2D eigenvalue weighted by Gasteiger charge is 2.15. The summed E-state index contributed by atoms with van der Waals surface area (Å²) in [6.07, 6.45) is 0.655. The summed E-state index contributed by atoms with van der Waals surface area (Å²) >= 11 is 0. The van der Waals surface area contributed by atoms with Gasteiger partial charge in [0.2, 0.25) is 5.91 Å². The Kier molecular flexibility index (Phi) is 8.19. The zero-order chi connectivity index (χ0) is 13.5. The Balaban J connectivity index is 0.00000324. The van der Waals surface area contributed by atoms with E-state index in [-0.39, 0.29) is 18.3 Å². The van der Waals surface area contributed by atoms with Gasteiger partial charge in [0, 0.05) is 7.05 Å². The smallest absolute Gasteiger partial charge is 0.239 e. The Morgan fingerprint density at radius 1 is 1.47 bits per heavy atom. The number of hydrogen-bond acceptors (Lipinski definition) is 3. The van der Waals surface area contributed by atoms with Crippen LogP contribution in [0.25, 0.3) is 0 Å². The van der Waals surface area contributed by atoms with Crippen LogP contribution in [-0.4, -0.2) is 37.0 Å². The van der Waals surface area contributed by atoms with Gasteiger partial charge in [0.05, 0.1) is 12.6 Å². The molecule has 1 amide bonds. The highest BCUT2D eigenvalue weighted by molar-refractivity contribution is 5.85. The first-order chi connectivity index (χ1) is 8.54. The molecule has 0 fully saturated rings. The van der Waals surface area contributed by atoms with Crippen molar-refractivity contribution in [1.82, 2.24) is 4.90 Å². The molecule has 1 rings (SSSR count). The van der Waals surface area contributed by atoms with Crippen molar-refractivity contribution in [3.63, 3.8) is 0 Å². The number of halogens is 1. The number of amides is 1. The fourth-order valence-corrected chi connectivity index (χ4v) is 1.57. The van der Waals surface area contributed by atoms with Gasteiger partial charge in [-0.15, -0.1) is 12.4 Å².